The Bertz CT molecular complexity index is 645. The van der Waals surface area contributed by atoms with Crippen molar-refractivity contribution < 1.29 is 13.6 Å². The average Bonchev–Trinajstić information content (AvgIpc) is 2.77. The highest BCUT2D eigenvalue weighted by atomic mass is 35.5. The van der Waals surface area contributed by atoms with E-state index < -0.39 is 9.84 Å². The van der Waals surface area contributed by atoms with Gasteiger partial charge < -0.3 is 15.8 Å². The highest BCUT2D eigenvalue weighted by Crippen LogP contribution is 2.27. The zero-order valence-corrected chi connectivity index (χ0v) is 12.5. The number of rotatable bonds is 3. The predicted octanol–water partition coefficient (Wildman–Crippen LogP) is 1.06. The molecule has 0 amide bonds. The van der Waals surface area contributed by atoms with E-state index in [1.165, 1.54) is 0 Å². The lowest BCUT2D eigenvalue weighted by Gasteiger charge is -2.26. The van der Waals surface area contributed by atoms with E-state index >= 15 is 0 Å². The first-order valence-electron chi connectivity index (χ1n) is 6.05. The maximum absolute atomic E-state index is 11.5. The van der Waals surface area contributed by atoms with Crippen LogP contribution in [0.15, 0.2) is 23.4 Å². The highest BCUT2D eigenvalue weighted by molar-refractivity contribution is 7.91. The third-order valence-electron chi connectivity index (χ3n) is 3.50. The molecule has 8 heteroatoms. The molecule has 1 saturated heterocycles. The topological polar surface area (TPSA) is 96.0 Å². The van der Waals surface area contributed by atoms with Crippen LogP contribution < -0.4 is 10.6 Å². The fourth-order valence-electron chi connectivity index (χ4n) is 2.28. The van der Waals surface area contributed by atoms with E-state index in [9.17, 15) is 8.42 Å². The van der Waals surface area contributed by atoms with Gasteiger partial charge in [0.1, 0.15) is 0 Å². The molecular weight excluding hydrogens is 302 g/mol. The lowest BCUT2D eigenvalue weighted by molar-refractivity contribution is 0.318. The molecule has 0 aliphatic carbocycles. The van der Waals surface area contributed by atoms with Gasteiger partial charge in [-0.1, -0.05) is 16.8 Å². The molecule has 0 spiro atoms. The largest absolute Gasteiger partial charge is 0.409 e. The normalized spacial score (nSPS) is 21.9. The molecule has 1 aromatic rings. The summed E-state index contributed by atoms with van der Waals surface area (Å²) in [6, 6.07) is 5.04. The molecule has 3 N–H and O–H groups in total. The number of anilines is 1. The molecule has 1 aliphatic heterocycles. The lowest BCUT2D eigenvalue weighted by atomic mass is 10.1. The zero-order chi connectivity index (χ0) is 14.9. The van der Waals surface area contributed by atoms with Crippen molar-refractivity contribution in [3.63, 3.8) is 0 Å². The van der Waals surface area contributed by atoms with Crippen LogP contribution in [-0.4, -0.2) is 44.1 Å². The fourth-order valence-corrected chi connectivity index (χ4v) is 4.32. The summed E-state index contributed by atoms with van der Waals surface area (Å²) in [4.78, 5) is 1.90. The molecule has 1 heterocycles. The molecule has 1 fully saturated rings. The van der Waals surface area contributed by atoms with Gasteiger partial charge in [0.25, 0.3) is 0 Å². The number of benzene rings is 1. The Balaban J connectivity index is 2.24. The summed E-state index contributed by atoms with van der Waals surface area (Å²) >= 11 is 6.09. The molecule has 1 atom stereocenters. The quantitative estimate of drug-likeness (QED) is 0.376. The maximum Gasteiger partial charge on any atom is 0.171 e. The second kappa shape index (κ2) is 5.49. The third kappa shape index (κ3) is 2.99. The Morgan fingerprint density at radius 1 is 1.55 bits per heavy atom. The van der Waals surface area contributed by atoms with Gasteiger partial charge in [0.05, 0.1) is 16.5 Å². The smallest absolute Gasteiger partial charge is 0.171 e. The number of halogens is 1. The summed E-state index contributed by atoms with van der Waals surface area (Å²) in [5.41, 5.74) is 6.73. The summed E-state index contributed by atoms with van der Waals surface area (Å²) in [6.45, 7) is 0. The first-order chi connectivity index (χ1) is 9.34. The summed E-state index contributed by atoms with van der Waals surface area (Å²) in [6.07, 6.45) is 0.610. The molecule has 1 aromatic carbocycles. The van der Waals surface area contributed by atoms with Crippen LogP contribution in [0.5, 0.6) is 0 Å². The number of hydrogen-bond acceptors (Lipinski definition) is 5. The number of hydrogen-bond donors (Lipinski definition) is 2. The van der Waals surface area contributed by atoms with Gasteiger partial charge in [-0.15, -0.1) is 0 Å². The van der Waals surface area contributed by atoms with E-state index in [2.05, 4.69) is 5.16 Å². The highest BCUT2D eigenvalue weighted by Gasteiger charge is 2.30. The summed E-state index contributed by atoms with van der Waals surface area (Å²) in [5.74, 6) is 0.314. The van der Waals surface area contributed by atoms with Crippen molar-refractivity contribution in [2.45, 2.75) is 12.5 Å². The van der Waals surface area contributed by atoms with E-state index in [-0.39, 0.29) is 23.4 Å². The van der Waals surface area contributed by atoms with E-state index in [4.69, 9.17) is 22.5 Å². The molecule has 1 unspecified atom stereocenters. The van der Waals surface area contributed by atoms with Gasteiger partial charge in [0, 0.05) is 24.3 Å². The molecule has 0 radical (unpaired) electrons. The lowest BCUT2D eigenvalue weighted by Crippen LogP contribution is -2.32. The number of sulfone groups is 1. The summed E-state index contributed by atoms with van der Waals surface area (Å²) in [7, 11) is -1.10. The van der Waals surface area contributed by atoms with Gasteiger partial charge in [0.15, 0.2) is 15.7 Å². The van der Waals surface area contributed by atoms with Gasteiger partial charge >= 0.3 is 0 Å². The molecule has 110 valence electrons. The summed E-state index contributed by atoms with van der Waals surface area (Å²) in [5, 5.41) is 11.9. The molecule has 2 rings (SSSR count). The van der Waals surface area contributed by atoms with Crippen molar-refractivity contribution >= 4 is 33.0 Å². The Kier molecular flexibility index (Phi) is 4.10. The van der Waals surface area contributed by atoms with Crippen LogP contribution in [0.3, 0.4) is 0 Å². The molecule has 0 bridgehead atoms. The van der Waals surface area contributed by atoms with Crippen molar-refractivity contribution in [1.29, 1.82) is 0 Å². The number of amidine groups is 1. The van der Waals surface area contributed by atoms with Crippen LogP contribution in [0.4, 0.5) is 5.69 Å². The SMILES string of the molecule is CN(c1ccc(C(N)=NO)c(Cl)c1)C1CCS(=O)(=O)C1. The standard InChI is InChI=1S/C12H16ClN3O3S/c1-16(9-4-5-20(18,19)7-9)8-2-3-10(11(13)6-8)12(14)15-17/h2-3,6,9,17H,4-5,7H2,1H3,(H2,14,15). The molecule has 1 aliphatic rings. The number of nitrogens with zero attached hydrogens (tertiary/aromatic N) is 2. The van der Waals surface area contributed by atoms with Gasteiger partial charge in [-0.3, -0.25) is 0 Å². The van der Waals surface area contributed by atoms with Crippen LogP contribution in [0.2, 0.25) is 5.02 Å². The molecule has 6 nitrogen and oxygen atoms in total. The van der Waals surface area contributed by atoms with Crippen molar-refractivity contribution in [1.82, 2.24) is 0 Å². The Morgan fingerprint density at radius 2 is 2.25 bits per heavy atom. The van der Waals surface area contributed by atoms with Crippen LogP contribution in [0, 0.1) is 0 Å². The van der Waals surface area contributed by atoms with Crippen LogP contribution in [0.1, 0.15) is 12.0 Å². The minimum Gasteiger partial charge on any atom is -0.409 e. The minimum atomic E-state index is -2.93. The van der Waals surface area contributed by atoms with Crippen LogP contribution in [-0.2, 0) is 9.84 Å². The minimum absolute atomic E-state index is 0.0502. The Labute approximate surface area is 122 Å². The molecule has 20 heavy (non-hydrogen) atoms. The molecule has 0 saturated carbocycles. The van der Waals surface area contributed by atoms with Gasteiger partial charge in [0.2, 0.25) is 0 Å². The molecule has 0 aromatic heterocycles. The number of oxime groups is 1. The van der Waals surface area contributed by atoms with Crippen molar-refractivity contribution in [2.24, 2.45) is 10.9 Å². The van der Waals surface area contributed by atoms with E-state index in [0.717, 1.165) is 5.69 Å². The second-order valence-electron chi connectivity index (χ2n) is 4.82. The van der Waals surface area contributed by atoms with Crippen LogP contribution in [0.25, 0.3) is 0 Å². The van der Waals surface area contributed by atoms with E-state index in [1.807, 2.05) is 11.9 Å². The first-order valence-corrected chi connectivity index (χ1v) is 8.24. The predicted molar refractivity (Wildman–Crippen MR) is 79.4 cm³/mol. The number of nitrogens with two attached hydrogens (primary N) is 1. The zero-order valence-electron chi connectivity index (χ0n) is 11.0. The van der Waals surface area contributed by atoms with Crippen molar-refractivity contribution in [2.75, 3.05) is 23.5 Å². The van der Waals surface area contributed by atoms with Gasteiger partial charge in [-0.25, -0.2) is 8.42 Å². The second-order valence-corrected chi connectivity index (χ2v) is 7.45. The van der Waals surface area contributed by atoms with Crippen molar-refractivity contribution in [3.8, 4) is 0 Å². The first kappa shape index (κ1) is 14.9. The van der Waals surface area contributed by atoms with Gasteiger partial charge in [-0.05, 0) is 24.6 Å². The fraction of sp³-hybridized carbons (Fsp3) is 0.417. The maximum atomic E-state index is 11.5. The monoisotopic (exact) mass is 317 g/mol. The third-order valence-corrected chi connectivity index (χ3v) is 5.56. The van der Waals surface area contributed by atoms with E-state index in [0.29, 0.717) is 17.0 Å². The summed E-state index contributed by atoms with van der Waals surface area (Å²) < 4.78 is 23.0. The van der Waals surface area contributed by atoms with Gasteiger partial charge in [-0.2, -0.15) is 0 Å². The Hall–Kier alpha value is -1.47. The average molecular weight is 318 g/mol. The van der Waals surface area contributed by atoms with Crippen molar-refractivity contribution in [3.05, 3.63) is 28.8 Å². The van der Waals surface area contributed by atoms with Crippen LogP contribution >= 0.6 is 11.6 Å². The molecular formula is C12H16ClN3O3S. The Morgan fingerprint density at radius 3 is 2.75 bits per heavy atom. The van der Waals surface area contributed by atoms with E-state index in [1.54, 1.807) is 18.2 Å².